The molecule has 0 aromatic rings. The van der Waals surface area contributed by atoms with E-state index in [0.29, 0.717) is 16.9 Å². The molecule has 19 heavy (non-hydrogen) atoms. The van der Waals surface area contributed by atoms with Crippen molar-refractivity contribution in [2.75, 3.05) is 33.3 Å². The van der Waals surface area contributed by atoms with Gasteiger partial charge < -0.3 is 9.22 Å². The van der Waals surface area contributed by atoms with E-state index in [-0.39, 0.29) is 0 Å². The summed E-state index contributed by atoms with van der Waals surface area (Å²) in [6.07, 6.45) is 7.46. The number of likely N-dealkylation sites (N-methyl/N-ethyl adjacent to an activating group) is 1. The van der Waals surface area contributed by atoms with E-state index in [2.05, 4.69) is 27.8 Å². The van der Waals surface area contributed by atoms with Gasteiger partial charge >= 0.3 is 0 Å². The average molecular weight is 266 g/mol. The Morgan fingerprint density at radius 1 is 1.16 bits per heavy atom. The molecule has 2 saturated carbocycles. The van der Waals surface area contributed by atoms with Gasteiger partial charge in [0.25, 0.3) is 0 Å². The van der Waals surface area contributed by atoms with Gasteiger partial charge in [-0.2, -0.15) is 0 Å². The lowest BCUT2D eigenvalue weighted by Crippen LogP contribution is -2.45. The Balaban J connectivity index is 1.55. The molecule has 1 aliphatic heterocycles. The van der Waals surface area contributed by atoms with E-state index in [1.54, 1.807) is 0 Å². The Morgan fingerprint density at radius 2 is 1.84 bits per heavy atom. The summed E-state index contributed by atoms with van der Waals surface area (Å²) in [6.45, 7) is 12.3. The number of rotatable bonds is 4. The molecule has 0 unspecified atom stereocenters. The van der Waals surface area contributed by atoms with Crippen LogP contribution < -0.4 is 0 Å². The zero-order chi connectivity index (χ0) is 13.7. The van der Waals surface area contributed by atoms with Crippen molar-refractivity contribution in [2.45, 2.75) is 59.0 Å². The standard InChI is InChI=1S/C17H32NO/c1-16(2)14-7-8-17(16,3)15(13-14)19-12-11-18(4)9-5-6-10-18/h14-15H,5-13H2,1-4H3/q+1/t14-,15+,17+/m0/s1. The number of fused-ring (bicyclic) bond motifs is 2. The van der Waals surface area contributed by atoms with Gasteiger partial charge in [0.05, 0.1) is 32.8 Å². The maximum atomic E-state index is 6.39. The molecule has 0 radical (unpaired) electrons. The molecule has 110 valence electrons. The van der Waals surface area contributed by atoms with E-state index in [1.807, 2.05) is 0 Å². The molecule has 0 amide bonds. The Labute approximate surface area is 119 Å². The number of ether oxygens (including phenoxy) is 1. The van der Waals surface area contributed by atoms with Crippen LogP contribution in [0.4, 0.5) is 0 Å². The SMILES string of the molecule is CC1(C)[C@H]2CC[C@]1(C)[C@H](OCC[N+]1(C)CCCC1)C2. The molecule has 0 spiro atoms. The first kappa shape index (κ1) is 13.9. The molecule has 2 bridgehead atoms. The third kappa shape index (κ3) is 2.06. The van der Waals surface area contributed by atoms with Crippen molar-refractivity contribution in [3.05, 3.63) is 0 Å². The normalized spacial score (nSPS) is 42.9. The maximum Gasteiger partial charge on any atom is 0.102 e. The number of likely N-dealkylation sites (tertiary alicyclic amines) is 1. The number of hydrogen-bond donors (Lipinski definition) is 0. The summed E-state index contributed by atoms with van der Waals surface area (Å²) < 4.78 is 7.63. The molecule has 1 saturated heterocycles. The maximum absolute atomic E-state index is 6.39. The van der Waals surface area contributed by atoms with Crippen molar-refractivity contribution in [1.82, 2.24) is 0 Å². The van der Waals surface area contributed by atoms with Crippen LogP contribution in [0.2, 0.25) is 0 Å². The smallest absolute Gasteiger partial charge is 0.102 e. The van der Waals surface area contributed by atoms with Gasteiger partial charge in [0.1, 0.15) is 6.54 Å². The largest absolute Gasteiger partial charge is 0.372 e. The second kappa shape index (κ2) is 4.46. The summed E-state index contributed by atoms with van der Waals surface area (Å²) in [5, 5.41) is 0. The quantitative estimate of drug-likeness (QED) is 0.708. The van der Waals surface area contributed by atoms with Gasteiger partial charge in [0, 0.05) is 12.8 Å². The van der Waals surface area contributed by atoms with Crippen LogP contribution in [-0.2, 0) is 4.74 Å². The van der Waals surface area contributed by atoms with Crippen LogP contribution in [0.15, 0.2) is 0 Å². The van der Waals surface area contributed by atoms with E-state index in [9.17, 15) is 0 Å². The van der Waals surface area contributed by atoms with Gasteiger partial charge in [0.2, 0.25) is 0 Å². The lowest BCUT2D eigenvalue weighted by Gasteiger charge is -2.39. The molecule has 0 N–H and O–H groups in total. The minimum atomic E-state index is 0.432. The number of hydrogen-bond acceptors (Lipinski definition) is 1. The topological polar surface area (TPSA) is 9.23 Å². The van der Waals surface area contributed by atoms with Crippen molar-refractivity contribution >= 4 is 0 Å². The summed E-state index contributed by atoms with van der Waals surface area (Å²) in [4.78, 5) is 0. The van der Waals surface area contributed by atoms with E-state index < -0.39 is 0 Å². The molecular formula is C17H32NO+. The molecule has 2 heteroatoms. The summed E-state index contributed by atoms with van der Waals surface area (Å²) >= 11 is 0. The fraction of sp³-hybridized carbons (Fsp3) is 1.00. The molecule has 0 aromatic heterocycles. The van der Waals surface area contributed by atoms with Gasteiger partial charge in [-0.15, -0.1) is 0 Å². The van der Waals surface area contributed by atoms with Crippen LogP contribution in [0.25, 0.3) is 0 Å². The Kier molecular flexibility index (Phi) is 3.26. The van der Waals surface area contributed by atoms with Crippen molar-refractivity contribution in [3.63, 3.8) is 0 Å². The summed E-state index contributed by atoms with van der Waals surface area (Å²) in [5.74, 6) is 0.902. The molecule has 0 aromatic carbocycles. The molecule has 3 rings (SSSR count). The van der Waals surface area contributed by atoms with Crippen LogP contribution in [0.5, 0.6) is 0 Å². The highest BCUT2D eigenvalue weighted by molar-refractivity contribution is 5.11. The highest BCUT2D eigenvalue weighted by Crippen LogP contribution is 2.66. The molecule has 2 aliphatic carbocycles. The van der Waals surface area contributed by atoms with Crippen LogP contribution in [0.3, 0.4) is 0 Å². The van der Waals surface area contributed by atoms with Gasteiger partial charge in [-0.25, -0.2) is 0 Å². The van der Waals surface area contributed by atoms with Crippen LogP contribution in [0.1, 0.15) is 52.9 Å². The van der Waals surface area contributed by atoms with Crippen LogP contribution >= 0.6 is 0 Å². The lowest BCUT2D eigenvalue weighted by atomic mass is 9.70. The first-order valence-electron chi connectivity index (χ1n) is 8.33. The molecule has 2 nitrogen and oxygen atoms in total. The van der Waals surface area contributed by atoms with Gasteiger partial charge in [-0.05, 0) is 36.0 Å². The van der Waals surface area contributed by atoms with Crippen molar-refractivity contribution < 1.29 is 9.22 Å². The van der Waals surface area contributed by atoms with E-state index >= 15 is 0 Å². The predicted molar refractivity (Wildman–Crippen MR) is 79.0 cm³/mol. The van der Waals surface area contributed by atoms with E-state index in [4.69, 9.17) is 4.74 Å². The van der Waals surface area contributed by atoms with E-state index in [1.165, 1.54) is 56.2 Å². The number of nitrogens with zero attached hydrogens (tertiary/aromatic N) is 1. The zero-order valence-electron chi connectivity index (χ0n) is 13.4. The van der Waals surface area contributed by atoms with Crippen molar-refractivity contribution in [2.24, 2.45) is 16.7 Å². The number of quaternary nitrogens is 1. The van der Waals surface area contributed by atoms with Gasteiger partial charge in [-0.3, -0.25) is 0 Å². The minimum absolute atomic E-state index is 0.432. The molecule has 3 aliphatic rings. The third-order valence-corrected chi connectivity index (χ3v) is 7.31. The average Bonchev–Trinajstić information content (AvgIpc) is 2.91. The van der Waals surface area contributed by atoms with Crippen LogP contribution in [0, 0.1) is 16.7 Å². The van der Waals surface area contributed by atoms with Crippen molar-refractivity contribution in [1.29, 1.82) is 0 Å². The Hall–Kier alpha value is -0.0800. The summed E-state index contributed by atoms with van der Waals surface area (Å²) in [7, 11) is 2.41. The van der Waals surface area contributed by atoms with Crippen LogP contribution in [-0.4, -0.2) is 43.9 Å². The fourth-order valence-corrected chi connectivity index (χ4v) is 5.12. The Morgan fingerprint density at radius 3 is 2.37 bits per heavy atom. The minimum Gasteiger partial charge on any atom is -0.372 e. The van der Waals surface area contributed by atoms with Gasteiger partial charge in [0.15, 0.2) is 0 Å². The first-order valence-corrected chi connectivity index (χ1v) is 8.33. The van der Waals surface area contributed by atoms with E-state index in [0.717, 1.165) is 12.5 Å². The fourth-order valence-electron chi connectivity index (χ4n) is 5.12. The highest BCUT2D eigenvalue weighted by atomic mass is 16.5. The Bertz CT molecular complexity index is 345. The molecule has 3 atom stereocenters. The molecule has 3 fully saturated rings. The lowest BCUT2D eigenvalue weighted by molar-refractivity contribution is -0.898. The highest BCUT2D eigenvalue weighted by Gasteiger charge is 2.61. The monoisotopic (exact) mass is 266 g/mol. The second-order valence-corrected chi connectivity index (χ2v) is 8.47. The third-order valence-electron chi connectivity index (χ3n) is 7.31. The van der Waals surface area contributed by atoms with Crippen molar-refractivity contribution in [3.8, 4) is 0 Å². The first-order chi connectivity index (χ1) is 8.87. The van der Waals surface area contributed by atoms with Gasteiger partial charge in [-0.1, -0.05) is 20.8 Å². The molecule has 1 heterocycles. The summed E-state index contributed by atoms with van der Waals surface area (Å²) in [6, 6.07) is 0. The summed E-state index contributed by atoms with van der Waals surface area (Å²) in [5.41, 5.74) is 0.922. The zero-order valence-corrected chi connectivity index (χ0v) is 13.4. The predicted octanol–water partition coefficient (Wildman–Crippen LogP) is 3.46. The molecular weight excluding hydrogens is 234 g/mol. The second-order valence-electron chi connectivity index (χ2n) is 8.47.